The van der Waals surface area contributed by atoms with Gasteiger partial charge in [0.25, 0.3) is 7.59 Å². The van der Waals surface area contributed by atoms with Gasteiger partial charge in [-0.05, 0) is 69.2 Å². The summed E-state index contributed by atoms with van der Waals surface area (Å²) < 4.78 is 15.6. The summed E-state index contributed by atoms with van der Waals surface area (Å²) >= 11 is 0. The van der Waals surface area contributed by atoms with E-state index in [0.29, 0.717) is 0 Å². The first-order chi connectivity index (χ1) is 8.18. The molecule has 0 aromatic rings. The van der Waals surface area contributed by atoms with Gasteiger partial charge >= 0.3 is 0 Å². The van der Waals surface area contributed by atoms with Crippen molar-refractivity contribution in [3.05, 3.63) is 0 Å². The third-order valence-corrected chi connectivity index (χ3v) is 5.88. The molecule has 0 bridgehead atoms. The van der Waals surface area contributed by atoms with Crippen LogP contribution in [0.5, 0.6) is 0 Å². The lowest BCUT2D eigenvalue weighted by atomic mass is 10.1. The highest BCUT2D eigenvalue weighted by molar-refractivity contribution is 7.57. The molecule has 0 rings (SSSR count). The zero-order valence-electron chi connectivity index (χ0n) is 14.5. The largest absolute Gasteiger partial charge is 0.283 e. The van der Waals surface area contributed by atoms with E-state index in [1.807, 2.05) is 41.5 Å². The summed E-state index contributed by atoms with van der Waals surface area (Å²) in [6.07, 6.45) is 0. The van der Waals surface area contributed by atoms with Crippen molar-refractivity contribution >= 4 is 7.59 Å². The highest BCUT2D eigenvalue weighted by Crippen LogP contribution is 2.47. The molecule has 0 fully saturated rings. The van der Waals surface area contributed by atoms with Gasteiger partial charge in [0.2, 0.25) is 0 Å². The predicted octanol–water partition coefficient (Wildman–Crippen LogP) is 3.99. The molecule has 0 heterocycles. The van der Waals surface area contributed by atoms with Crippen LogP contribution >= 0.6 is 7.59 Å². The molecule has 0 saturated heterocycles. The Hall–Kier alpha value is 0.110. The fourth-order valence-corrected chi connectivity index (χ4v) is 5.71. The highest BCUT2D eigenvalue weighted by atomic mass is 31.2. The molecule has 0 aliphatic carbocycles. The smallest absolute Gasteiger partial charge is 0.271 e. The van der Waals surface area contributed by atoms with Crippen molar-refractivity contribution in [3.63, 3.8) is 0 Å². The maximum atomic E-state index is 13.5. The summed E-state index contributed by atoms with van der Waals surface area (Å²) in [7, 11) is -2.85. The highest BCUT2D eigenvalue weighted by Gasteiger charge is 2.39. The predicted molar refractivity (Wildman–Crippen MR) is 85.5 cm³/mol. The minimum absolute atomic E-state index is 0.204. The first-order valence-electron chi connectivity index (χ1n) is 7.16. The van der Waals surface area contributed by atoms with E-state index >= 15 is 0 Å². The monoisotopic (exact) mass is 291 g/mol. The van der Waals surface area contributed by atoms with E-state index in [9.17, 15) is 4.57 Å². The van der Waals surface area contributed by atoms with Crippen LogP contribution in [0.15, 0.2) is 0 Å². The van der Waals surface area contributed by atoms with Crippen LogP contribution in [0.2, 0.25) is 0 Å². The number of hydrogen-bond acceptors (Lipinski definition) is 1. The molecule has 0 amide bonds. The molecule has 5 heteroatoms. The molecular formula is C14H34N3OP. The molecule has 2 N–H and O–H groups in total. The van der Waals surface area contributed by atoms with Gasteiger partial charge in [-0.15, -0.1) is 0 Å². The zero-order valence-corrected chi connectivity index (χ0v) is 15.4. The molecule has 0 aliphatic rings. The van der Waals surface area contributed by atoms with Crippen LogP contribution in [0.3, 0.4) is 0 Å². The minimum Gasteiger partial charge on any atom is -0.271 e. The van der Waals surface area contributed by atoms with E-state index in [0.717, 1.165) is 0 Å². The van der Waals surface area contributed by atoms with Crippen molar-refractivity contribution in [1.29, 1.82) is 0 Å². The van der Waals surface area contributed by atoms with Gasteiger partial charge in [-0.3, -0.25) is 4.57 Å². The fraction of sp³-hybridized carbons (Fsp3) is 1.00. The van der Waals surface area contributed by atoms with Crippen molar-refractivity contribution in [2.24, 2.45) is 0 Å². The average Bonchev–Trinajstić information content (AvgIpc) is 1.90. The van der Waals surface area contributed by atoms with Gasteiger partial charge in [0.05, 0.1) is 0 Å². The van der Waals surface area contributed by atoms with Crippen LogP contribution in [0.4, 0.5) is 0 Å². The first kappa shape index (κ1) is 19.1. The molecule has 0 aliphatic heterocycles. The molecule has 0 unspecified atom stereocenters. The molecule has 19 heavy (non-hydrogen) atoms. The minimum atomic E-state index is -2.85. The Balaban J connectivity index is 5.54. The Morgan fingerprint density at radius 2 is 1.05 bits per heavy atom. The van der Waals surface area contributed by atoms with E-state index in [1.54, 1.807) is 0 Å². The molecule has 0 aromatic heterocycles. The van der Waals surface area contributed by atoms with Crippen LogP contribution in [0, 0.1) is 0 Å². The number of nitrogens with zero attached hydrogens (tertiary/aromatic N) is 1. The molecule has 0 aromatic carbocycles. The third-order valence-electron chi connectivity index (χ3n) is 2.36. The van der Waals surface area contributed by atoms with Gasteiger partial charge in [-0.1, -0.05) is 0 Å². The Labute approximate surface area is 120 Å². The van der Waals surface area contributed by atoms with Gasteiger partial charge in [0.1, 0.15) is 0 Å². The van der Waals surface area contributed by atoms with Crippen LogP contribution in [-0.4, -0.2) is 27.8 Å². The second-order valence-corrected chi connectivity index (χ2v) is 9.93. The van der Waals surface area contributed by atoms with Crippen LogP contribution in [0.25, 0.3) is 0 Å². The van der Waals surface area contributed by atoms with Gasteiger partial charge in [-0.2, -0.15) is 0 Å². The maximum Gasteiger partial charge on any atom is 0.283 e. The van der Waals surface area contributed by atoms with Gasteiger partial charge in [0, 0.05) is 23.2 Å². The zero-order chi connectivity index (χ0) is 15.6. The van der Waals surface area contributed by atoms with E-state index in [-0.39, 0.29) is 23.2 Å². The Morgan fingerprint density at radius 1 is 0.789 bits per heavy atom. The Kier molecular flexibility index (Phi) is 6.29. The van der Waals surface area contributed by atoms with Gasteiger partial charge < -0.3 is 0 Å². The lowest BCUT2D eigenvalue weighted by molar-refractivity contribution is 0.273. The molecule has 0 atom stereocenters. The van der Waals surface area contributed by atoms with E-state index in [1.165, 1.54) is 0 Å². The van der Waals surface area contributed by atoms with Crippen molar-refractivity contribution in [2.45, 2.75) is 92.4 Å². The summed E-state index contributed by atoms with van der Waals surface area (Å²) in [6, 6.07) is 0.408. The molecule has 0 radical (unpaired) electrons. The Morgan fingerprint density at radius 3 is 1.21 bits per heavy atom. The van der Waals surface area contributed by atoms with Gasteiger partial charge in [0.15, 0.2) is 0 Å². The fourth-order valence-electron chi connectivity index (χ4n) is 2.30. The summed E-state index contributed by atoms with van der Waals surface area (Å²) in [6.45, 7) is 20.6. The average molecular weight is 291 g/mol. The van der Waals surface area contributed by atoms with Crippen LogP contribution < -0.4 is 10.2 Å². The van der Waals surface area contributed by atoms with Crippen LogP contribution in [0.1, 0.15) is 69.2 Å². The summed E-state index contributed by atoms with van der Waals surface area (Å²) in [5.74, 6) is 0. The lowest BCUT2D eigenvalue weighted by Crippen LogP contribution is -2.51. The van der Waals surface area contributed by atoms with Crippen molar-refractivity contribution in [2.75, 3.05) is 0 Å². The molecular weight excluding hydrogens is 257 g/mol. The van der Waals surface area contributed by atoms with E-state index in [4.69, 9.17) is 0 Å². The van der Waals surface area contributed by atoms with Gasteiger partial charge in [-0.25, -0.2) is 14.8 Å². The summed E-state index contributed by atoms with van der Waals surface area (Å²) in [5, 5.41) is 6.64. The second kappa shape index (κ2) is 6.26. The topological polar surface area (TPSA) is 44.4 Å². The maximum absolute atomic E-state index is 13.5. The number of nitrogens with one attached hydrogen (secondary N) is 2. The molecule has 0 spiro atoms. The molecule has 116 valence electrons. The number of hydrogen-bond donors (Lipinski definition) is 2. The van der Waals surface area contributed by atoms with Crippen molar-refractivity contribution in [1.82, 2.24) is 14.8 Å². The quantitative estimate of drug-likeness (QED) is 0.752. The second-order valence-electron chi connectivity index (χ2n) is 7.87. The van der Waals surface area contributed by atoms with Crippen LogP contribution in [-0.2, 0) is 4.57 Å². The molecule has 4 nitrogen and oxygen atoms in total. The SMILES string of the molecule is CC(C)N(C(C)C)P(=O)(NC(C)(C)C)NC(C)(C)C. The summed E-state index contributed by atoms with van der Waals surface area (Å²) in [4.78, 5) is 0. The Bertz CT molecular complexity index is 299. The van der Waals surface area contributed by atoms with E-state index in [2.05, 4.69) is 42.5 Å². The molecule has 0 saturated carbocycles. The standard InChI is InChI=1S/C14H34N3OP/c1-11(2)17(12(3)4)19(18,15-13(5,6)7)16-14(8,9)10/h11-12H,1-10H3,(H2,15,16,18). The normalized spacial score (nSPS) is 14.8. The van der Waals surface area contributed by atoms with Crippen molar-refractivity contribution < 1.29 is 4.57 Å². The van der Waals surface area contributed by atoms with E-state index < -0.39 is 7.59 Å². The summed E-state index contributed by atoms with van der Waals surface area (Å²) in [5.41, 5.74) is -0.425. The lowest BCUT2D eigenvalue weighted by Gasteiger charge is -2.44. The number of rotatable bonds is 5. The van der Waals surface area contributed by atoms with Crippen molar-refractivity contribution in [3.8, 4) is 0 Å². The third kappa shape index (κ3) is 6.89. The first-order valence-corrected chi connectivity index (χ1v) is 8.82.